The van der Waals surface area contributed by atoms with Crippen LogP contribution in [0.1, 0.15) is 36.4 Å². The molecule has 1 heterocycles. The molecular formula is C8H16N4OS. The van der Waals surface area contributed by atoms with Crippen molar-refractivity contribution in [2.75, 3.05) is 13.7 Å². The van der Waals surface area contributed by atoms with Gasteiger partial charge in [-0.15, -0.1) is 5.10 Å². The maximum Gasteiger partial charge on any atom is 0.0830 e. The number of hydrogen-bond donors (Lipinski definition) is 2. The molecular weight excluding hydrogens is 200 g/mol. The van der Waals surface area contributed by atoms with E-state index in [9.17, 15) is 0 Å². The number of nitrogens with two attached hydrogens (primary N) is 1. The molecule has 0 fully saturated rings. The minimum atomic E-state index is -0.0163. The average molecular weight is 216 g/mol. The summed E-state index contributed by atoms with van der Waals surface area (Å²) in [6, 6.07) is -0.0163. The molecule has 1 aromatic rings. The molecule has 80 valence electrons. The van der Waals surface area contributed by atoms with Crippen LogP contribution in [0.4, 0.5) is 0 Å². The summed E-state index contributed by atoms with van der Waals surface area (Å²) in [6.07, 6.45) is 0. The second-order valence-electron chi connectivity index (χ2n) is 3.35. The van der Waals surface area contributed by atoms with Crippen LogP contribution in [-0.4, -0.2) is 23.3 Å². The van der Waals surface area contributed by atoms with E-state index in [2.05, 4.69) is 28.9 Å². The third kappa shape index (κ3) is 2.48. The molecule has 1 atom stereocenters. The van der Waals surface area contributed by atoms with Crippen LogP contribution in [0.15, 0.2) is 0 Å². The zero-order valence-corrected chi connectivity index (χ0v) is 9.47. The third-order valence-corrected chi connectivity index (χ3v) is 2.79. The van der Waals surface area contributed by atoms with E-state index < -0.39 is 0 Å². The van der Waals surface area contributed by atoms with E-state index in [-0.39, 0.29) is 6.04 Å². The molecule has 0 amide bonds. The fraction of sp³-hybridized carbons (Fsp3) is 0.750. The van der Waals surface area contributed by atoms with Crippen LogP contribution >= 0.6 is 11.5 Å². The van der Waals surface area contributed by atoms with Gasteiger partial charge < -0.3 is 4.74 Å². The SMILES string of the molecule is COCC(NN)c1snnc1C(C)C. The first kappa shape index (κ1) is 11.5. The highest BCUT2D eigenvalue weighted by molar-refractivity contribution is 7.05. The predicted molar refractivity (Wildman–Crippen MR) is 55.9 cm³/mol. The predicted octanol–water partition coefficient (Wildman–Crippen LogP) is 0.812. The lowest BCUT2D eigenvalue weighted by molar-refractivity contribution is 0.168. The van der Waals surface area contributed by atoms with Gasteiger partial charge in [-0.25, -0.2) is 5.43 Å². The molecule has 0 saturated carbocycles. The third-order valence-electron chi connectivity index (χ3n) is 1.94. The second kappa shape index (κ2) is 5.35. The topological polar surface area (TPSA) is 73.1 Å². The highest BCUT2D eigenvalue weighted by Gasteiger charge is 2.19. The number of methoxy groups -OCH3 is 1. The summed E-state index contributed by atoms with van der Waals surface area (Å²) in [5, 5.41) is 4.08. The Bertz CT molecular complexity index is 276. The first-order chi connectivity index (χ1) is 6.70. The van der Waals surface area contributed by atoms with Crippen LogP contribution in [0.5, 0.6) is 0 Å². The van der Waals surface area contributed by atoms with Crippen molar-refractivity contribution < 1.29 is 4.74 Å². The van der Waals surface area contributed by atoms with E-state index in [1.165, 1.54) is 11.5 Å². The quantitative estimate of drug-likeness (QED) is 0.563. The van der Waals surface area contributed by atoms with Crippen molar-refractivity contribution in [2.24, 2.45) is 5.84 Å². The molecule has 14 heavy (non-hydrogen) atoms. The largest absolute Gasteiger partial charge is 0.383 e. The van der Waals surface area contributed by atoms with E-state index >= 15 is 0 Å². The Morgan fingerprint density at radius 3 is 2.79 bits per heavy atom. The van der Waals surface area contributed by atoms with Crippen molar-refractivity contribution in [3.05, 3.63) is 10.6 Å². The number of hydrogen-bond acceptors (Lipinski definition) is 6. The fourth-order valence-corrected chi connectivity index (χ4v) is 2.06. The first-order valence-electron chi connectivity index (χ1n) is 4.47. The van der Waals surface area contributed by atoms with Gasteiger partial charge in [-0.3, -0.25) is 5.84 Å². The number of aromatic nitrogens is 2. The van der Waals surface area contributed by atoms with E-state index in [0.717, 1.165) is 10.6 Å². The van der Waals surface area contributed by atoms with Crippen molar-refractivity contribution in [2.45, 2.75) is 25.8 Å². The van der Waals surface area contributed by atoms with Crippen molar-refractivity contribution in [3.8, 4) is 0 Å². The minimum Gasteiger partial charge on any atom is -0.383 e. The Morgan fingerprint density at radius 1 is 1.57 bits per heavy atom. The van der Waals surface area contributed by atoms with E-state index in [1.807, 2.05) is 0 Å². The molecule has 0 radical (unpaired) electrons. The highest BCUT2D eigenvalue weighted by Crippen LogP contribution is 2.25. The molecule has 0 aliphatic rings. The summed E-state index contributed by atoms with van der Waals surface area (Å²) < 4.78 is 9.00. The number of rotatable bonds is 5. The Hall–Kier alpha value is -0.560. The van der Waals surface area contributed by atoms with Crippen molar-refractivity contribution in [3.63, 3.8) is 0 Å². The molecule has 6 heteroatoms. The monoisotopic (exact) mass is 216 g/mol. The number of ether oxygens (including phenoxy) is 1. The van der Waals surface area contributed by atoms with E-state index in [0.29, 0.717) is 12.5 Å². The lowest BCUT2D eigenvalue weighted by atomic mass is 10.1. The lowest BCUT2D eigenvalue weighted by Crippen LogP contribution is -2.31. The smallest absolute Gasteiger partial charge is 0.0830 e. The number of nitrogens with zero attached hydrogens (tertiary/aromatic N) is 2. The van der Waals surface area contributed by atoms with Gasteiger partial charge in [0.2, 0.25) is 0 Å². The maximum absolute atomic E-state index is 5.44. The summed E-state index contributed by atoms with van der Waals surface area (Å²) >= 11 is 1.37. The first-order valence-corrected chi connectivity index (χ1v) is 5.25. The van der Waals surface area contributed by atoms with Crippen LogP contribution < -0.4 is 11.3 Å². The highest BCUT2D eigenvalue weighted by atomic mass is 32.1. The summed E-state index contributed by atoms with van der Waals surface area (Å²) in [6.45, 7) is 4.70. The zero-order valence-electron chi connectivity index (χ0n) is 8.65. The molecule has 1 rings (SSSR count). The number of nitrogens with one attached hydrogen (secondary N) is 1. The summed E-state index contributed by atoms with van der Waals surface area (Å²) in [4.78, 5) is 1.06. The van der Waals surface area contributed by atoms with Gasteiger partial charge in [0.25, 0.3) is 0 Å². The van der Waals surface area contributed by atoms with Crippen LogP contribution in [0.2, 0.25) is 0 Å². The number of hydrazine groups is 1. The zero-order chi connectivity index (χ0) is 10.6. The van der Waals surface area contributed by atoms with Gasteiger partial charge in [0.1, 0.15) is 0 Å². The van der Waals surface area contributed by atoms with Crippen molar-refractivity contribution >= 4 is 11.5 Å². The van der Waals surface area contributed by atoms with Gasteiger partial charge >= 0.3 is 0 Å². The molecule has 3 N–H and O–H groups in total. The van der Waals surface area contributed by atoms with Crippen LogP contribution in [0, 0.1) is 0 Å². The maximum atomic E-state index is 5.44. The molecule has 0 aliphatic carbocycles. The molecule has 0 bridgehead atoms. The Labute approximate surface area is 87.8 Å². The van der Waals surface area contributed by atoms with Crippen molar-refractivity contribution in [1.82, 2.24) is 15.0 Å². The molecule has 0 spiro atoms. The Balaban J connectivity index is 2.86. The fourth-order valence-electron chi connectivity index (χ4n) is 1.21. The molecule has 0 saturated heterocycles. The minimum absolute atomic E-state index is 0.0163. The molecule has 1 aromatic heterocycles. The Kier molecular flexibility index (Phi) is 4.40. The van der Waals surface area contributed by atoms with Gasteiger partial charge in [-0.1, -0.05) is 18.3 Å². The molecule has 5 nitrogen and oxygen atoms in total. The van der Waals surface area contributed by atoms with E-state index in [4.69, 9.17) is 10.6 Å². The van der Waals surface area contributed by atoms with Gasteiger partial charge in [0.05, 0.1) is 23.2 Å². The van der Waals surface area contributed by atoms with Crippen molar-refractivity contribution in [1.29, 1.82) is 0 Å². The van der Waals surface area contributed by atoms with Gasteiger partial charge in [-0.05, 0) is 17.5 Å². The summed E-state index contributed by atoms with van der Waals surface area (Å²) in [5.41, 5.74) is 3.70. The van der Waals surface area contributed by atoms with Crippen LogP contribution in [-0.2, 0) is 4.74 Å². The van der Waals surface area contributed by atoms with Crippen LogP contribution in [0.3, 0.4) is 0 Å². The standard InChI is InChI=1S/C8H16N4OS/c1-5(2)7-8(14-12-11-7)6(10-9)4-13-3/h5-6,10H,4,9H2,1-3H3. The Morgan fingerprint density at radius 2 is 2.29 bits per heavy atom. The van der Waals surface area contributed by atoms with Gasteiger partial charge in [0, 0.05) is 7.11 Å². The van der Waals surface area contributed by atoms with Gasteiger partial charge in [0.15, 0.2) is 0 Å². The normalized spacial score (nSPS) is 13.5. The molecule has 0 aliphatic heterocycles. The summed E-state index contributed by atoms with van der Waals surface area (Å²) in [7, 11) is 1.65. The van der Waals surface area contributed by atoms with Crippen LogP contribution in [0.25, 0.3) is 0 Å². The average Bonchev–Trinajstić information content (AvgIpc) is 2.62. The lowest BCUT2D eigenvalue weighted by Gasteiger charge is -2.14. The molecule has 1 unspecified atom stereocenters. The summed E-state index contributed by atoms with van der Waals surface area (Å²) in [5.74, 6) is 5.80. The molecule has 0 aromatic carbocycles. The second-order valence-corrected chi connectivity index (χ2v) is 4.14. The van der Waals surface area contributed by atoms with Gasteiger partial charge in [-0.2, -0.15) is 0 Å². The van der Waals surface area contributed by atoms with E-state index in [1.54, 1.807) is 7.11 Å².